The van der Waals surface area contributed by atoms with Crippen LogP contribution in [0, 0.1) is 13.8 Å². The minimum atomic E-state index is -3.84. The fraction of sp³-hybridized carbons (Fsp3) is 0.150. The van der Waals surface area contributed by atoms with E-state index in [0.717, 1.165) is 10.0 Å². The van der Waals surface area contributed by atoms with Crippen molar-refractivity contribution in [3.8, 4) is 0 Å². The number of carbonyl (C=O) groups excluding carboxylic acids is 1. The standard InChI is InChI=1S/C20H19BrN4O3S/c1-13-11-14(2)23-20(22-13)25-29(27,28)18-9-7-17(8-10-18)24-19(26)12-15-3-5-16(21)6-4-15/h3-11H,12H2,1-2H3,(H,24,26)(H,22,23,25). The van der Waals surface area contributed by atoms with Crippen LogP contribution in [0.5, 0.6) is 0 Å². The molecular formula is C20H19BrN4O3S. The van der Waals surface area contributed by atoms with Gasteiger partial charge in [0.2, 0.25) is 11.9 Å². The fourth-order valence-electron chi connectivity index (χ4n) is 2.66. The van der Waals surface area contributed by atoms with E-state index in [-0.39, 0.29) is 23.2 Å². The van der Waals surface area contributed by atoms with E-state index >= 15 is 0 Å². The lowest BCUT2D eigenvalue weighted by atomic mass is 10.1. The molecule has 0 bridgehead atoms. The predicted molar refractivity (Wildman–Crippen MR) is 115 cm³/mol. The summed E-state index contributed by atoms with van der Waals surface area (Å²) in [6.45, 7) is 3.52. The second-order valence-electron chi connectivity index (χ2n) is 6.46. The Kier molecular flexibility index (Phi) is 6.29. The monoisotopic (exact) mass is 474 g/mol. The number of hydrogen-bond donors (Lipinski definition) is 2. The highest BCUT2D eigenvalue weighted by Gasteiger charge is 2.16. The minimum absolute atomic E-state index is 0.0226. The molecule has 0 aliphatic heterocycles. The zero-order valence-electron chi connectivity index (χ0n) is 15.8. The molecule has 1 heterocycles. The number of carbonyl (C=O) groups is 1. The Hall–Kier alpha value is -2.78. The third-order valence-corrected chi connectivity index (χ3v) is 5.81. The van der Waals surface area contributed by atoms with Crippen molar-refractivity contribution in [3.05, 3.63) is 76.0 Å². The van der Waals surface area contributed by atoms with Crippen molar-refractivity contribution in [1.29, 1.82) is 0 Å². The highest BCUT2D eigenvalue weighted by atomic mass is 79.9. The molecule has 150 valence electrons. The van der Waals surface area contributed by atoms with Crippen LogP contribution in [0.4, 0.5) is 11.6 Å². The van der Waals surface area contributed by atoms with Gasteiger partial charge in [-0.05, 0) is 61.9 Å². The number of halogens is 1. The van der Waals surface area contributed by atoms with Crippen molar-refractivity contribution in [1.82, 2.24) is 9.97 Å². The Morgan fingerprint density at radius 1 is 0.966 bits per heavy atom. The topological polar surface area (TPSA) is 101 Å². The first-order chi connectivity index (χ1) is 13.7. The van der Waals surface area contributed by atoms with E-state index in [0.29, 0.717) is 17.1 Å². The molecule has 2 aromatic carbocycles. The summed E-state index contributed by atoms with van der Waals surface area (Å²) < 4.78 is 28.4. The van der Waals surface area contributed by atoms with Gasteiger partial charge in [-0.2, -0.15) is 0 Å². The van der Waals surface area contributed by atoms with Crippen LogP contribution in [0.15, 0.2) is 64.0 Å². The van der Waals surface area contributed by atoms with E-state index < -0.39 is 10.0 Å². The van der Waals surface area contributed by atoms with Crippen LogP contribution in [0.3, 0.4) is 0 Å². The van der Waals surface area contributed by atoms with Gasteiger partial charge in [0.05, 0.1) is 11.3 Å². The minimum Gasteiger partial charge on any atom is -0.326 e. The first kappa shape index (κ1) is 20.9. The number of anilines is 2. The van der Waals surface area contributed by atoms with Crippen molar-refractivity contribution >= 4 is 43.5 Å². The average Bonchev–Trinajstić information content (AvgIpc) is 2.63. The second-order valence-corrected chi connectivity index (χ2v) is 9.05. The van der Waals surface area contributed by atoms with Crippen LogP contribution in [-0.4, -0.2) is 24.3 Å². The molecule has 7 nitrogen and oxygen atoms in total. The summed E-state index contributed by atoms with van der Waals surface area (Å²) in [5.41, 5.74) is 2.72. The van der Waals surface area contributed by atoms with Crippen LogP contribution in [0.1, 0.15) is 17.0 Å². The molecule has 0 spiro atoms. The van der Waals surface area contributed by atoms with Crippen molar-refractivity contribution in [2.45, 2.75) is 25.2 Å². The molecule has 29 heavy (non-hydrogen) atoms. The van der Waals surface area contributed by atoms with Crippen LogP contribution in [0.25, 0.3) is 0 Å². The summed E-state index contributed by atoms with van der Waals surface area (Å²) in [4.78, 5) is 20.4. The largest absolute Gasteiger partial charge is 0.326 e. The lowest BCUT2D eigenvalue weighted by Gasteiger charge is -2.09. The van der Waals surface area contributed by atoms with Gasteiger partial charge >= 0.3 is 0 Å². The van der Waals surface area contributed by atoms with Crippen LogP contribution in [0.2, 0.25) is 0 Å². The molecule has 0 saturated carbocycles. The molecule has 1 amide bonds. The summed E-state index contributed by atoms with van der Waals surface area (Å²) >= 11 is 3.35. The maximum Gasteiger partial charge on any atom is 0.264 e. The van der Waals surface area contributed by atoms with Gasteiger partial charge in [-0.1, -0.05) is 28.1 Å². The SMILES string of the molecule is Cc1cc(C)nc(NS(=O)(=O)c2ccc(NC(=O)Cc3ccc(Br)cc3)cc2)n1. The molecular weight excluding hydrogens is 456 g/mol. The molecule has 2 N–H and O–H groups in total. The van der Waals surface area contributed by atoms with Crippen LogP contribution < -0.4 is 10.0 Å². The molecule has 3 aromatic rings. The van der Waals surface area contributed by atoms with Crippen LogP contribution in [-0.2, 0) is 21.2 Å². The zero-order chi connectivity index (χ0) is 21.0. The smallest absolute Gasteiger partial charge is 0.264 e. The molecule has 3 rings (SSSR count). The van der Waals surface area contributed by atoms with E-state index in [4.69, 9.17) is 0 Å². The number of rotatable bonds is 6. The maximum absolute atomic E-state index is 12.5. The maximum atomic E-state index is 12.5. The van der Waals surface area contributed by atoms with Crippen molar-refractivity contribution in [2.24, 2.45) is 0 Å². The molecule has 1 aromatic heterocycles. The van der Waals surface area contributed by atoms with Gasteiger partial charge in [-0.25, -0.2) is 23.1 Å². The predicted octanol–water partition coefficient (Wildman–Crippen LogP) is 3.84. The number of aromatic nitrogens is 2. The Morgan fingerprint density at radius 2 is 1.55 bits per heavy atom. The van der Waals surface area contributed by atoms with Crippen molar-refractivity contribution < 1.29 is 13.2 Å². The van der Waals surface area contributed by atoms with Gasteiger partial charge in [0.15, 0.2) is 0 Å². The van der Waals surface area contributed by atoms with E-state index in [1.165, 1.54) is 24.3 Å². The summed E-state index contributed by atoms with van der Waals surface area (Å²) in [7, 11) is -3.84. The zero-order valence-corrected chi connectivity index (χ0v) is 18.2. The molecule has 0 aliphatic rings. The number of aryl methyl sites for hydroxylation is 2. The fourth-order valence-corrected chi connectivity index (χ4v) is 3.87. The Balaban J connectivity index is 1.67. The molecule has 0 saturated heterocycles. The quantitative estimate of drug-likeness (QED) is 0.564. The van der Waals surface area contributed by atoms with Crippen molar-refractivity contribution in [2.75, 3.05) is 10.0 Å². The lowest BCUT2D eigenvalue weighted by molar-refractivity contribution is -0.115. The van der Waals surface area contributed by atoms with E-state index in [2.05, 4.69) is 35.9 Å². The molecule has 0 fully saturated rings. The van der Waals surface area contributed by atoms with Gasteiger partial charge < -0.3 is 5.32 Å². The Labute approximate surface area is 177 Å². The number of sulfonamides is 1. The number of benzene rings is 2. The number of nitrogens with zero attached hydrogens (tertiary/aromatic N) is 2. The molecule has 0 aliphatic carbocycles. The molecule has 0 radical (unpaired) electrons. The number of hydrogen-bond acceptors (Lipinski definition) is 5. The van der Waals surface area contributed by atoms with Gasteiger partial charge in [0, 0.05) is 21.5 Å². The first-order valence-corrected chi connectivity index (χ1v) is 11.0. The number of amides is 1. The number of nitrogens with one attached hydrogen (secondary N) is 2. The third-order valence-electron chi connectivity index (χ3n) is 3.93. The van der Waals surface area contributed by atoms with Crippen molar-refractivity contribution in [3.63, 3.8) is 0 Å². The Morgan fingerprint density at radius 3 is 2.14 bits per heavy atom. The van der Waals surface area contributed by atoms with E-state index in [1.807, 2.05) is 24.3 Å². The molecule has 9 heteroatoms. The van der Waals surface area contributed by atoms with Gasteiger partial charge in [0.25, 0.3) is 10.0 Å². The summed E-state index contributed by atoms with van der Waals surface area (Å²) in [5, 5.41) is 2.76. The highest BCUT2D eigenvalue weighted by Crippen LogP contribution is 2.18. The summed E-state index contributed by atoms with van der Waals surface area (Å²) in [6.07, 6.45) is 0.221. The van der Waals surface area contributed by atoms with E-state index in [9.17, 15) is 13.2 Å². The Bertz CT molecular complexity index is 1110. The molecule has 0 atom stereocenters. The summed E-state index contributed by atoms with van der Waals surface area (Å²) in [6, 6.07) is 15.1. The van der Waals surface area contributed by atoms with Gasteiger partial charge in [-0.15, -0.1) is 0 Å². The third kappa shape index (κ3) is 5.85. The van der Waals surface area contributed by atoms with E-state index in [1.54, 1.807) is 19.9 Å². The second kappa shape index (κ2) is 8.71. The highest BCUT2D eigenvalue weighted by molar-refractivity contribution is 9.10. The average molecular weight is 475 g/mol. The van der Waals surface area contributed by atoms with Gasteiger partial charge in [-0.3, -0.25) is 4.79 Å². The first-order valence-electron chi connectivity index (χ1n) is 8.71. The normalized spacial score (nSPS) is 11.1. The lowest BCUT2D eigenvalue weighted by Crippen LogP contribution is -2.16. The molecule has 0 unspecified atom stereocenters. The van der Waals surface area contributed by atoms with Crippen LogP contribution >= 0.6 is 15.9 Å². The van der Waals surface area contributed by atoms with Gasteiger partial charge in [0.1, 0.15) is 0 Å². The summed E-state index contributed by atoms with van der Waals surface area (Å²) in [5.74, 6) is -0.168.